The Morgan fingerprint density at radius 1 is 0.857 bits per heavy atom. The van der Waals surface area contributed by atoms with Crippen LogP contribution in [0.2, 0.25) is 0 Å². The van der Waals surface area contributed by atoms with E-state index in [0.717, 1.165) is 5.32 Å². The summed E-state index contributed by atoms with van der Waals surface area (Å²) in [6.07, 6.45) is 0. The van der Waals surface area contributed by atoms with Crippen molar-refractivity contribution in [1.82, 2.24) is 0 Å². The maximum Gasteiger partial charge on any atom is 0.452 e. The largest absolute Gasteiger partial charge is 0.452 e. The van der Waals surface area contributed by atoms with Gasteiger partial charge in [0.25, 0.3) is 0 Å². The van der Waals surface area contributed by atoms with Crippen LogP contribution in [0.1, 0.15) is 0 Å². The van der Waals surface area contributed by atoms with Crippen LogP contribution in [0.4, 0.5) is 32.0 Å². The summed E-state index contributed by atoms with van der Waals surface area (Å²) in [4.78, 5) is -1.56. The Morgan fingerprint density at radius 3 is 1.86 bits per heavy atom. The lowest BCUT2D eigenvalue weighted by molar-refractivity contribution is -0.140. The van der Waals surface area contributed by atoms with Crippen molar-refractivity contribution in [2.24, 2.45) is 0 Å². The predicted octanol–water partition coefficient (Wildman–Crippen LogP) is 3.28. The first-order chi connectivity index (χ1) is 12.6. The summed E-state index contributed by atoms with van der Waals surface area (Å²) in [7, 11) is -11.0. The molecule has 154 valence electrons. The molecule has 2 rings (SSSR count). The van der Waals surface area contributed by atoms with Crippen LogP contribution in [0.5, 0.6) is 0 Å². The summed E-state index contributed by atoms with van der Waals surface area (Å²) >= 11 is 0. The van der Waals surface area contributed by atoms with Crippen LogP contribution in [0.25, 0.3) is 0 Å². The van der Waals surface area contributed by atoms with Crippen LogP contribution < -0.4 is 5.32 Å². The number of rotatable bonds is 6. The van der Waals surface area contributed by atoms with Crippen LogP contribution in [0, 0.1) is 11.6 Å². The van der Waals surface area contributed by atoms with E-state index in [4.69, 9.17) is 4.55 Å². The number of sulfone groups is 1. The fourth-order valence-corrected chi connectivity index (χ4v) is 3.64. The predicted molar refractivity (Wildman–Crippen MR) is 83.3 cm³/mol. The van der Waals surface area contributed by atoms with E-state index in [1.807, 2.05) is 0 Å². The van der Waals surface area contributed by atoms with Crippen molar-refractivity contribution in [1.29, 1.82) is 0 Å². The van der Waals surface area contributed by atoms with Crippen LogP contribution in [-0.2, 0) is 20.0 Å². The van der Waals surface area contributed by atoms with Crippen LogP contribution >= 0.6 is 0 Å². The molecule has 6 nitrogen and oxygen atoms in total. The highest BCUT2D eigenvalue weighted by atomic mass is 32.2. The van der Waals surface area contributed by atoms with E-state index in [1.165, 1.54) is 0 Å². The second-order valence-corrected chi connectivity index (χ2v) is 8.67. The molecule has 2 aromatic carbocycles. The average molecular weight is 449 g/mol. The fourth-order valence-electron chi connectivity index (χ4n) is 1.95. The first-order valence-electron chi connectivity index (χ1n) is 6.90. The van der Waals surface area contributed by atoms with Gasteiger partial charge in [-0.25, -0.2) is 17.2 Å². The third kappa shape index (κ3) is 3.93. The number of alkyl halides is 4. The van der Waals surface area contributed by atoms with Crippen molar-refractivity contribution in [3.05, 3.63) is 54.1 Å². The Balaban J connectivity index is 2.36. The van der Waals surface area contributed by atoms with E-state index < -0.39 is 58.4 Å². The number of nitrogens with one attached hydrogen (secondary N) is 1. The lowest BCUT2D eigenvalue weighted by Crippen LogP contribution is -2.51. The summed E-state index contributed by atoms with van der Waals surface area (Å²) in [6, 6.07) is -1.42. The number of anilines is 1. The van der Waals surface area contributed by atoms with E-state index in [1.54, 1.807) is 0 Å². The molecule has 0 saturated carbocycles. The lowest BCUT2D eigenvalue weighted by Gasteiger charge is -2.25. The zero-order chi connectivity index (χ0) is 21.5. The van der Waals surface area contributed by atoms with Gasteiger partial charge >= 0.3 is 21.4 Å². The van der Waals surface area contributed by atoms with Gasteiger partial charge in [-0.1, -0.05) is 0 Å². The molecule has 0 fully saturated rings. The van der Waals surface area contributed by atoms with E-state index in [-0.39, 0.29) is 0 Å². The molecule has 0 aliphatic rings. The number of hydrogen-bond acceptors (Lipinski definition) is 5. The molecule has 28 heavy (non-hydrogen) atoms. The van der Waals surface area contributed by atoms with Gasteiger partial charge in [0.2, 0.25) is 9.84 Å². The van der Waals surface area contributed by atoms with Gasteiger partial charge in [-0.05, 0) is 36.4 Å². The monoisotopic (exact) mass is 449 g/mol. The molecule has 0 aliphatic carbocycles. The smallest absolute Gasteiger partial charge is 0.321 e. The second-order valence-electron chi connectivity index (χ2n) is 5.29. The molecule has 0 amide bonds. The quantitative estimate of drug-likeness (QED) is 0.304. The third-order valence-electron chi connectivity index (χ3n) is 3.34. The second kappa shape index (κ2) is 6.93. The van der Waals surface area contributed by atoms with Crippen LogP contribution in [-0.4, -0.2) is 32.7 Å². The fraction of sp³-hybridized carbons (Fsp3) is 0.143. The molecular formula is C14H9F6NO5S2. The number of benzene rings is 2. The van der Waals surface area contributed by atoms with Gasteiger partial charge in [0.1, 0.15) is 16.5 Å². The minimum Gasteiger partial charge on any atom is -0.321 e. The van der Waals surface area contributed by atoms with Crippen LogP contribution in [0.15, 0.2) is 52.3 Å². The summed E-state index contributed by atoms with van der Waals surface area (Å²) in [5.74, 6) is -2.46. The summed E-state index contributed by atoms with van der Waals surface area (Å²) in [5.41, 5.74) is -0.841. The lowest BCUT2D eigenvalue weighted by atomic mass is 10.3. The van der Waals surface area contributed by atoms with Gasteiger partial charge in [0, 0.05) is 11.8 Å². The summed E-state index contributed by atoms with van der Waals surface area (Å²) < 4.78 is 133. The Labute approximate surface area is 154 Å². The maximum absolute atomic E-state index is 13.7. The van der Waals surface area contributed by atoms with E-state index in [0.29, 0.717) is 42.5 Å². The molecule has 0 saturated heterocycles. The molecule has 0 aliphatic heterocycles. The van der Waals surface area contributed by atoms with Crippen molar-refractivity contribution in [3.63, 3.8) is 0 Å². The zero-order valence-electron chi connectivity index (χ0n) is 13.2. The topological polar surface area (TPSA) is 101 Å². The SMILES string of the molecule is O=S(=O)(c1ccc(NC(F)(F)C(F)(F)S(=O)(=O)O)cc1)c1ccc(F)cc1F. The maximum atomic E-state index is 13.7. The van der Waals surface area contributed by atoms with Crippen molar-refractivity contribution in [3.8, 4) is 0 Å². The Morgan fingerprint density at radius 2 is 1.39 bits per heavy atom. The van der Waals surface area contributed by atoms with Gasteiger partial charge in [-0.15, -0.1) is 0 Å². The zero-order valence-corrected chi connectivity index (χ0v) is 14.8. The molecule has 0 bridgehead atoms. The highest BCUT2D eigenvalue weighted by molar-refractivity contribution is 7.91. The molecular weight excluding hydrogens is 440 g/mol. The molecule has 0 atom stereocenters. The number of halogens is 6. The molecule has 0 spiro atoms. The van der Waals surface area contributed by atoms with Crippen molar-refractivity contribution in [2.75, 3.05) is 5.32 Å². The van der Waals surface area contributed by atoms with Crippen molar-refractivity contribution < 1.29 is 47.7 Å². The Bertz CT molecular complexity index is 1100. The van der Waals surface area contributed by atoms with Gasteiger partial charge in [-0.3, -0.25) is 4.55 Å². The van der Waals surface area contributed by atoms with Gasteiger partial charge in [0.15, 0.2) is 0 Å². The first-order valence-corrected chi connectivity index (χ1v) is 9.83. The molecule has 2 N–H and O–H groups in total. The van der Waals surface area contributed by atoms with Crippen LogP contribution in [0.3, 0.4) is 0 Å². The highest BCUT2D eigenvalue weighted by Gasteiger charge is 2.66. The number of hydrogen-bond donors (Lipinski definition) is 2. The highest BCUT2D eigenvalue weighted by Crippen LogP contribution is 2.39. The van der Waals surface area contributed by atoms with E-state index in [2.05, 4.69) is 0 Å². The standard InChI is InChI=1S/C14H9F6NO5S2/c15-8-1-6-12(11(16)7-8)27(22,23)10-4-2-9(3-5-10)21-13(17,18)14(19,20)28(24,25)26/h1-7,21H,(H,24,25,26). The molecule has 0 heterocycles. The molecule has 0 radical (unpaired) electrons. The van der Waals surface area contributed by atoms with Gasteiger partial charge in [-0.2, -0.15) is 26.0 Å². The summed E-state index contributed by atoms with van der Waals surface area (Å²) in [5, 5.41) is -5.03. The normalized spacial score (nSPS) is 13.4. The Hall–Kier alpha value is -2.32. The minimum absolute atomic E-state index is 0.306. The summed E-state index contributed by atoms with van der Waals surface area (Å²) in [6.45, 7) is 0. The van der Waals surface area contributed by atoms with Crippen molar-refractivity contribution in [2.45, 2.75) is 21.1 Å². The van der Waals surface area contributed by atoms with E-state index in [9.17, 15) is 43.2 Å². The average Bonchev–Trinajstić information content (AvgIpc) is 2.53. The molecule has 2 aromatic rings. The van der Waals surface area contributed by atoms with Crippen molar-refractivity contribution >= 4 is 25.6 Å². The minimum atomic E-state index is -6.47. The van der Waals surface area contributed by atoms with Gasteiger partial charge in [0.05, 0.1) is 4.90 Å². The first kappa shape index (κ1) is 22.0. The molecule has 0 unspecified atom stereocenters. The Kier molecular flexibility index (Phi) is 5.44. The molecule has 14 heteroatoms. The van der Waals surface area contributed by atoms with Gasteiger partial charge < -0.3 is 5.32 Å². The van der Waals surface area contributed by atoms with E-state index >= 15 is 0 Å². The molecule has 0 aromatic heterocycles. The third-order valence-corrected chi connectivity index (χ3v) is 6.05.